The number of pyridine rings is 1. The molecule has 2 unspecified atom stereocenters. The van der Waals surface area contributed by atoms with Crippen LogP contribution in [-0.2, 0) is 11.8 Å². The van der Waals surface area contributed by atoms with Gasteiger partial charge in [-0.25, -0.2) is 19.2 Å². The number of H-pyrrole nitrogens is 1. The third-order valence-corrected chi connectivity index (χ3v) is 10.8. The van der Waals surface area contributed by atoms with Crippen LogP contribution in [-0.4, -0.2) is 73.7 Å². The van der Waals surface area contributed by atoms with E-state index in [1.807, 2.05) is 59.6 Å². The zero-order chi connectivity index (χ0) is 36.8. The molecule has 0 saturated carbocycles. The van der Waals surface area contributed by atoms with Gasteiger partial charge in [-0.15, -0.1) is 0 Å². The molecule has 1 fully saturated rings. The summed E-state index contributed by atoms with van der Waals surface area (Å²) in [5.74, 6) is -1.12. The monoisotopic (exact) mass is 712 g/mol. The zero-order valence-corrected chi connectivity index (χ0v) is 30.9. The van der Waals surface area contributed by atoms with Gasteiger partial charge in [0.05, 0.1) is 50.4 Å². The molecule has 0 bridgehead atoms. The normalized spacial score (nSPS) is 17.5. The molecule has 1 N–H and O–H groups in total. The van der Waals surface area contributed by atoms with Crippen LogP contribution in [0.25, 0.3) is 38.8 Å². The van der Waals surface area contributed by atoms with Gasteiger partial charge in [0.25, 0.3) is 5.56 Å². The van der Waals surface area contributed by atoms with Gasteiger partial charge < -0.3 is 19.7 Å². The second kappa shape index (κ2) is 12.4. The van der Waals surface area contributed by atoms with Crippen molar-refractivity contribution in [2.24, 2.45) is 7.05 Å². The lowest BCUT2D eigenvalue weighted by Gasteiger charge is -2.51. The van der Waals surface area contributed by atoms with Crippen LogP contribution >= 0.6 is 11.6 Å². The molecule has 0 spiro atoms. The summed E-state index contributed by atoms with van der Waals surface area (Å²) in [6.07, 6.45) is 2.82. The first-order valence-electron chi connectivity index (χ1n) is 17.2. The van der Waals surface area contributed by atoms with E-state index in [1.165, 1.54) is 21.5 Å². The Morgan fingerprint density at radius 3 is 2.29 bits per heavy atom. The fourth-order valence-electron chi connectivity index (χ4n) is 8.06. The Morgan fingerprint density at radius 2 is 1.67 bits per heavy atom. The Bertz CT molecular complexity index is 2390. The SMILES string of the molecule is C=CC(=O)N1CC2CN(C)c3c(c4cc(Cl)c(-c5c(C)ccc6[nH]c(=O)n(C)c56)c(F)c4n(-c4c(C(C)C)ncnc4C(C)C)c3=O)N2CC1C. The summed E-state index contributed by atoms with van der Waals surface area (Å²) >= 11 is 7.20. The summed E-state index contributed by atoms with van der Waals surface area (Å²) < 4.78 is 21.1. The van der Waals surface area contributed by atoms with E-state index in [4.69, 9.17) is 11.6 Å². The molecule has 5 aromatic rings. The second-order valence-electron chi connectivity index (χ2n) is 14.5. The number of nitrogens with zero attached hydrogens (tertiary/aromatic N) is 7. The quantitative estimate of drug-likeness (QED) is 0.222. The van der Waals surface area contributed by atoms with Gasteiger partial charge in [-0.1, -0.05) is 51.9 Å². The molecule has 11 nitrogen and oxygen atoms in total. The molecule has 2 aliphatic heterocycles. The van der Waals surface area contributed by atoms with Gasteiger partial charge in [0.1, 0.15) is 12.0 Å². The lowest BCUT2D eigenvalue weighted by atomic mass is 9.93. The van der Waals surface area contributed by atoms with E-state index in [0.29, 0.717) is 75.6 Å². The van der Waals surface area contributed by atoms with Crippen LogP contribution in [0.2, 0.25) is 5.02 Å². The molecule has 0 radical (unpaired) electrons. The molecule has 2 aliphatic rings. The largest absolute Gasteiger partial charge is 0.366 e. The summed E-state index contributed by atoms with van der Waals surface area (Å²) in [6, 6.07) is 4.94. The van der Waals surface area contributed by atoms with Gasteiger partial charge in [-0.05, 0) is 49.5 Å². The number of piperazine rings is 1. The highest BCUT2D eigenvalue weighted by molar-refractivity contribution is 6.35. The number of aryl methyl sites for hydroxylation is 2. The molecule has 266 valence electrons. The topological polar surface area (TPSA) is 112 Å². The van der Waals surface area contributed by atoms with E-state index in [2.05, 4.69) is 26.4 Å². The number of likely N-dealkylation sites (N-methyl/N-ethyl adjacent to an activating group) is 1. The number of carbonyl (C=O) groups is 1. The minimum absolute atomic E-state index is 0.0417. The van der Waals surface area contributed by atoms with Crippen molar-refractivity contribution in [1.82, 2.24) is 29.0 Å². The van der Waals surface area contributed by atoms with Gasteiger partial charge >= 0.3 is 5.69 Å². The first-order valence-corrected chi connectivity index (χ1v) is 17.6. The molecule has 0 aliphatic carbocycles. The molecule has 7 rings (SSSR count). The van der Waals surface area contributed by atoms with Crippen molar-refractivity contribution in [3.05, 3.63) is 85.8 Å². The number of aromatic nitrogens is 5. The number of aromatic amines is 1. The fraction of sp³-hybridized carbons (Fsp3) is 0.395. The number of benzene rings is 2. The predicted octanol–water partition coefficient (Wildman–Crippen LogP) is 6.02. The van der Waals surface area contributed by atoms with Crippen molar-refractivity contribution in [3.63, 3.8) is 0 Å². The highest BCUT2D eigenvalue weighted by Gasteiger charge is 2.42. The van der Waals surface area contributed by atoms with Gasteiger partial charge in [-0.3, -0.25) is 18.7 Å². The number of anilines is 2. The van der Waals surface area contributed by atoms with Crippen LogP contribution in [0.5, 0.6) is 0 Å². The highest BCUT2D eigenvalue weighted by atomic mass is 35.5. The van der Waals surface area contributed by atoms with Gasteiger partial charge in [-0.2, -0.15) is 0 Å². The molecule has 1 saturated heterocycles. The Morgan fingerprint density at radius 1 is 1.00 bits per heavy atom. The molecule has 2 atom stereocenters. The number of hydrogen-bond acceptors (Lipinski definition) is 7. The second-order valence-corrected chi connectivity index (χ2v) is 14.9. The molecular formula is C38H42ClFN8O3. The zero-order valence-electron chi connectivity index (χ0n) is 30.1. The van der Waals surface area contributed by atoms with Crippen molar-refractivity contribution < 1.29 is 9.18 Å². The molecule has 13 heteroatoms. The smallest absolute Gasteiger partial charge is 0.326 e. The minimum Gasteiger partial charge on any atom is -0.366 e. The van der Waals surface area contributed by atoms with Crippen LogP contribution in [0, 0.1) is 12.7 Å². The lowest BCUT2D eigenvalue weighted by molar-refractivity contribution is -0.128. The average molecular weight is 713 g/mol. The van der Waals surface area contributed by atoms with Crippen molar-refractivity contribution in [2.45, 2.75) is 65.5 Å². The number of fused-ring (bicyclic) bond motifs is 6. The van der Waals surface area contributed by atoms with Crippen molar-refractivity contribution >= 4 is 50.8 Å². The van der Waals surface area contributed by atoms with Crippen molar-refractivity contribution in [1.29, 1.82) is 0 Å². The summed E-state index contributed by atoms with van der Waals surface area (Å²) in [7, 11) is 3.48. The standard InChI is InChI=1S/C38H42ClFN8O3/c1-10-26(49)46-16-22-15-44(8)36-33(47(22)14-21(46)7)23-13-24(39)28(27-20(6)11-12-25-34(27)45(9)38(51)43-25)29(40)32(23)48(37(36)50)35-30(18(2)3)41-17-42-31(35)19(4)5/h10-13,17-19,21-22H,1,14-16H2,2-9H3,(H,43,51). The van der Waals surface area contributed by atoms with Gasteiger partial charge in [0, 0.05) is 56.3 Å². The molecule has 3 aromatic heterocycles. The number of amides is 1. The molecule has 1 amide bonds. The summed E-state index contributed by atoms with van der Waals surface area (Å²) in [4.78, 5) is 58.9. The Balaban J connectivity index is 1.67. The summed E-state index contributed by atoms with van der Waals surface area (Å²) in [5, 5.41) is 0.580. The van der Waals surface area contributed by atoms with E-state index in [0.717, 1.165) is 0 Å². The van der Waals surface area contributed by atoms with Gasteiger partial charge in [0.15, 0.2) is 5.82 Å². The number of imidazole rings is 1. The lowest BCUT2D eigenvalue weighted by Crippen LogP contribution is -2.64. The number of halogens is 2. The third-order valence-electron chi connectivity index (χ3n) is 10.5. The van der Waals surface area contributed by atoms with E-state index in [1.54, 1.807) is 24.1 Å². The van der Waals surface area contributed by atoms with Crippen molar-refractivity contribution in [2.75, 3.05) is 36.5 Å². The average Bonchev–Trinajstić information content (AvgIpc) is 3.37. The van der Waals surface area contributed by atoms with Gasteiger partial charge in [0.2, 0.25) is 5.91 Å². The predicted molar refractivity (Wildman–Crippen MR) is 201 cm³/mol. The number of carbonyl (C=O) groups excluding carboxylic acids is 1. The Hall–Kier alpha value is -4.97. The summed E-state index contributed by atoms with van der Waals surface area (Å²) in [5.41, 5.74) is 4.19. The fourth-order valence-corrected chi connectivity index (χ4v) is 8.35. The molecule has 5 heterocycles. The van der Waals surface area contributed by atoms with Crippen LogP contribution in [0.4, 0.5) is 15.8 Å². The number of nitrogens with one attached hydrogen (secondary N) is 1. The molecule has 51 heavy (non-hydrogen) atoms. The Labute approximate surface area is 300 Å². The third kappa shape index (κ3) is 5.09. The maximum absolute atomic E-state index is 18.2. The van der Waals surface area contributed by atoms with Crippen molar-refractivity contribution in [3.8, 4) is 16.8 Å². The summed E-state index contributed by atoms with van der Waals surface area (Å²) in [6.45, 7) is 16.7. The van der Waals surface area contributed by atoms with Crippen LogP contribution < -0.4 is 21.0 Å². The first kappa shape index (κ1) is 34.5. The van der Waals surface area contributed by atoms with E-state index < -0.39 is 11.4 Å². The number of rotatable bonds is 5. The maximum atomic E-state index is 18.2. The number of hydrogen-bond donors (Lipinski definition) is 1. The minimum atomic E-state index is -0.701. The van der Waals surface area contributed by atoms with E-state index in [9.17, 15) is 9.59 Å². The highest BCUT2D eigenvalue weighted by Crippen LogP contribution is 2.47. The Kier molecular flexibility index (Phi) is 8.36. The molecule has 2 aromatic carbocycles. The molecular weight excluding hydrogens is 671 g/mol. The van der Waals surface area contributed by atoms with E-state index in [-0.39, 0.29) is 51.6 Å². The van der Waals surface area contributed by atoms with Crippen LogP contribution in [0.3, 0.4) is 0 Å². The maximum Gasteiger partial charge on any atom is 0.326 e. The van der Waals surface area contributed by atoms with Crippen LogP contribution in [0.15, 0.2) is 46.8 Å². The first-order chi connectivity index (χ1) is 24.2. The van der Waals surface area contributed by atoms with E-state index >= 15 is 9.18 Å². The van der Waals surface area contributed by atoms with Crippen LogP contribution in [0.1, 0.15) is 63.4 Å².